The van der Waals surface area contributed by atoms with E-state index in [1.165, 1.54) is 0 Å². The highest BCUT2D eigenvalue weighted by molar-refractivity contribution is 6.30. The average Bonchev–Trinajstić information content (AvgIpc) is 2.23. The summed E-state index contributed by atoms with van der Waals surface area (Å²) in [5, 5.41) is 9.30. The molecule has 1 aliphatic heterocycles. The summed E-state index contributed by atoms with van der Waals surface area (Å²) >= 11 is 5.73. The molecule has 0 atom stereocenters. The van der Waals surface area contributed by atoms with Gasteiger partial charge in [-0.15, -0.1) is 0 Å². The molecule has 1 fully saturated rings. The molecule has 5 heteroatoms. The van der Waals surface area contributed by atoms with Gasteiger partial charge in [-0.05, 0) is 24.3 Å². The van der Waals surface area contributed by atoms with Crippen molar-refractivity contribution < 1.29 is 14.7 Å². The second-order valence-electron chi connectivity index (χ2n) is 4.16. The summed E-state index contributed by atoms with van der Waals surface area (Å²) in [6.45, 7) is 1.18. The number of Topliss-reactive ketones (excluding diaryl/α,β-unsaturated/α-hetero) is 1. The maximum atomic E-state index is 11.8. The van der Waals surface area contributed by atoms with E-state index < -0.39 is 5.97 Å². The highest BCUT2D eigenvalue weighted by atomic mass is 35.5. The van der Waals surface area contributed by atoms with Crippen LogP contribution in [0.15, 0.2) is 24.3 Å². The molecule has 1 aromatic rings. The summed E-state index contributed by atoms with van der Waals surface area (Å²) in [6.07, 6.45) is 0. The number of carboxylic acids is 1. The van der Waals surface area contributed by atoms with Crippen LogP contribution in [0.4, 0.5) is 0 Å². The predicted octanol–water partition coefficient (Wildman–Crippen LogP) is 1.54. The van der Waals surface area contributed by atoms with Gasteiger partial charge in [0.15, 0.2) is 5.78 Å². The van der Waals surface area contributed by atoms with Gasteiger partial charge in [-0.25, -0.2) is 0 Å². The van der Waals surface area contributed by atoms with E-state index in [9.17, 15) is 9.59 Å². The molecule has 0 bridgehead atoms. The molecule has 1 aliphatic rings. The first-order chi connectivity index (χ1) is 8.06. The number of carboxylic acid groups (broad SMARTS) is 1. The number of halogens is 1. The Kier molecular flexibility index (Phi) is 3.45. The van der Waals surface area contributed by atoms with Crippen LogP contribution in [0.1, 0.15) is 10.4 Å². The molecule has 1 heterocycles. The molecular formula is C12H12ClNO3. The maximum absolute atomic E-state index is 11.8. The SMILES string of the molecule is O=C(CN1CC(C(=O)O)C1)c1ccc(Cl)cc1. The Balaban J connectivity index is 1.87. The predicted molar refractivity (Wildman–Crippen MR) is 63.3 cm³/mol. The third-order valence-electron chi connectivity index (χ3n) is 2.84. The zero-order chi connectivity index (χ0) is 12.4. The average molecular weight is 254 g/mol. The zero-order valence-electron chi connectivity index (χ0n) is 9.10. The maximum Gasteiger partial charge on any atom is 0.309 e. The van der Waals surface area contributed by atoms with Gasteiger partial charge in [0.05, 0.1) is 12.5 Å². The van der Waals surface area contributed by atoms with E-state index in [1.54, 1.807) is 24.3 Å². The first kappa shape index (κ1) is 12.1. The Morgan fingerprint density at radius 2 is 1.88 bits per heavy atom. The third-order valence-corrected chi connectivity index (χ3v) is 3.09. The van der Waals surface area contributed by atoms with Crippen molar-refractivity contribution in [2.75, 3.05) is 19.6 Å². The minimum Gasteiger partial charge on any atom is -0.481 e. The summed E-state index contributed by atoms with van der Waals surface area (Å²) in [4.78, 5) is 24.2. The number of nitrogens with zero attached hydrogens (tertiary/aromatic N) is 1. The van der Waals surface area contributed by atoms with Crippen LogP contribution in [0.25, 0.3) is 0 Å². The van der Waals surface area contributed by atoms with E-state index in [1.807, 2.05) is 4.90 Å². The molecule has 90 valence electrons. The summed E-state index contributed by atoms with van der Waals surface area (Å²) in [5.41, 5.74) is 0.605. The van der Waals surface area contributed by atoms with Gasteiger partial charge in [0.2, 0.25) is 0 Å². The van der Waals surface area contributed by atoms with Crippen molar-refractivity contribution in [2.45, 2.75) is 0 Å². The molecular weight excluding hydrogens is 242 g/mol. The fraction of sp³-hybridized carbons (Fsp3) is 0.333. The summed E-state index contributed by atoms with van der Waals surface area (Å²) in [6, 6.07) is 6.70. The van der Waals surface area contributed by atoms with Gasteiger partial charge >= 0.3 is 5.97 Å². The van der Waals surface area contributed by atoms with Crippen LogP contribution in [-0.2, 0) is 4.79 Å². The molecule has 0 radical (unpaired) electrons. The van der Waals surface area contributed by atoms with Crippen LogP contribution in [0, 0.1) is 5.92 Å². The largest absolute Gasteiger partial charge is 0.481 e. The Morgan fingerprint density at radius 1 is 1.29 bits per heavy atom. The highest BCUT2D eigenvalue weighted by Gasteiger charge is 2.33. The quantitative estimate of drug-likeness (QED) is 0.827. The van der Waals surface area contributed by atoms with Crippen LogP contribution in [0.2, 0.25) is 5.02 Å². The zero-order valence-corrected chi connectivity index (χ0v) is 9.85. The summed E-state index contributed by atoms with van der Waals surface area (Å²) < 4.78 is 0. The van der Waals surface area contributed by atoms with E-state index in [0.717, 1.165) is 0 Å². The number of ketones is 1. The molecule has 1 saturated heterocycles. The minimum atomic E-state index is -0.791. The highest BCUT2D eigenvalue weighted by Crippen LogP contribution is 2.17. The van der Waals surface area contributed by atoms with Crippen molar-refractivity contribution in [1.29, 1.82) is 0 Å². The number of carbonyl (C=O) groups is 2. The third kappa shape index (κ3) is 2.84. The van der Waals surface area contributed by atoms with Gasteiger partial charge in [0.25, 0.3) is 0 Å². The molecule has 1 aromatic carbocycles. The van der Waals surface area contributed by atoms with Crippen LogP contribution < -0.4 is 0 Å². The minimum absolute atomic E-state index is 0.00879. The first-order valence-electron chi connectivity index (χ1n) is 5.30. The van der Waals surface area contributed by atoms with Crippen molar-refractivity contribution in [3.63, 3.8) is 0 Å². The number of hydrogen-bond acceptors (Lipinski definition) is 3. The number of benzene rings is 1. The smallest absolute Gasteiger partial charge is 0.309 e. The molecule has 0 saturated carbocycles. The van der Waals surface area contributed by atoms with Gasteiger partial charge in [-0.1, -0.05) is 11.6 Å². The Labute approximate surface area is 104 Å². The van der Waals surface area contributed by atoms with Gasteiger partial charge in [0, 0.05) is 23.7 Å². The van der Waals surface area contributed by atoms with Crippen molar-refractivity contribution >= 4 is 23.4 Å². The van der Waals surface area contributed by atoms with E-state index in [-0.39, 0.29) is 18.2 Å². The second kappa shape index (κ2) is 4.85. The number of aliphatic carboxylic acids is 1. The van der Waals surface area contributed by atoms with E-state index in [4.69, 9.17) is 16.7 Å². The summed E-state index contributed by atoms with van der Waals surface area (Å²) in [7, 11) is 0. The monoisotopic (exact) mass is 253 g/mol. The van der Waals surface area contributed by atoms with E-state index in [2.05, 4.69) is 0 Å². The molecule has 1 N–H and O–H groups in total. The standard InChI is InChI=1S/C12H12ClNO3/c13-10-3-1-8(2-4-10)11(15)7-14-5-9(6-14)12(16)17/h1-4,9H,5-7H2,(H,16,17). The van der Waals surface area contributed by atoms with Crippen LogP contribution >= 0.6 is 11.6 Å². The number of rotatable bonds is 4. The molecule has 0 aromatic heterocycles. The lowest BCUT2D eigenvalue weighted by molar-refractivity contribution is -0.147. The molecule has 0 unspecified atom stereocenters. The number of carbonyl (C=O) groups excluding carboxylic acids is 1. The second-order valence-corrected chi connectivity index (χ2v) is 4.60. The molecule has 2 rings (SSSR count). The normalized spacial score (nSPS) is 16.5. The Hall–Kier alpha value is -1.39. The Bertz CT molecular complexity index is 438. The molecule has 0 amide bonds. The van der Waals surface area contributed by atoms with Crippen LogP contribution in [0.3, 0.4) is 0 Å². The number of hydrogen-bond donors (Lipinski definition) is 1. The van der Waals surface area contributed by atoms with Gasteiger partial charge in [-0.2, -0.15) is 0 Å². The van der Waals surface area contributed by atoms with Gasteiger partial charge in [0.1, 0.15) is 0 Å². The van der Waals surface area contributed by atoms with Crippen LogP contribution in [-0.4, -0.2) is 41.4 Å². The van der Waals surface area contributed by atoms with Crippen molar-refractivity contribution in [3.05, 3.63) is 34.9 Å². The van der Waals surface area contributed by atoms with Crippen molar-refractivity contribution in [1.82, 2.24) is 4.90 Å². The van der Waals surface area contributed by atoms with E-state index in [0.29, 0.717) is 23.7 Å². The topological polar surface area (TPSA) is 57.6 Å². The van der Waals surface area contributed by atoms with E-state index >= 15 is 0 Å². The van der Waals surface area contributed by atoms with Gasteiger partial charge in [-0.3, -0.25) is 14.5 Å². The molecule has 4 nitrogen and oxygen atoms in total. The molecule has 0 aliphatic carbocycles. The van der Waals surface area contributed by atoms with Gasteiger partial charge < -0.3 is 5.11 Å². The fourth-order valence-corrected chi connectivity index (χ4v) is 1.91. The van der Waals surface area contributed by atoms with Crippen molar-refractivity contribution in [3.8, 4) is 0 Å². The molecule has 0 spiro atoms. The van der Waals surface area contributed by atoms with Crippen molar-refractivity contribution in [2.24, 2.45) is 5.92 Å². The summed E-state index contributed by atoms with van der Waals surface area (Å²) in [5.74, 6) is -1.13. The fourth-order valence-electron chi connectivity index (χ4n) is 1.79. The molecule has 17 heavy (non-hydrogen) atoms. The lowest BCUT2D eigenvalue weighted by Gasteiger charge is -2.35. The number of likely N-dealkylation sites (tertiary alicyclic amines) is 1. The first-order valence-corrected chi connectivity index (χ1v) is 5.68. The Morgan fingerprint density at radius 3 is 2.41 bits per heavy atom. The van der Waals surface area contributed by atoms with Crippen LogP contribution in [0.5, 0.6) is 0 Å². The lowest BCUT2D eigenvalue weighted by atomic mass is 9.99. The lowest BCUT2D eigenvalue weighted by Crippen LogP contribution is -2.51.